The van der Waals surface area contributed by atoms with E-state index in [9.17, 15) is 9.59 Å². The zero-order valence-corrected chi connectivity index (χ0v) is 17.1. The van der Waals surface area contributed by atoms with Gasteiger partial charge in [-0.2, -0.15) is 0 Å². The summed E-state index contributed by atoms with van der Waals surface area (Å²) < 4.78 is 2.66. The van der Waals surface area contributed by atoms with Crippen LogP contribution in [0.5, 0.6) is 0 Å². The minimum atomic E-state index is -0.343. The number of benzene rings is 1. The van der Waals surface area contributed by atoms with E-state index < -0.39 is 0 Å². The number of nitrogens with one attached hydrogen (secondary N) is 1. The van der Waals surface area contributed by atoms with Crippen LogP contribution < -0.4 is 15.9 Å². The van der Waals surface area contributed by atoms with Gasteiger partial charge in [0, 0.05) is 31.2 Å². The molecule has 2 aromatic heterocycles. The average molecular weight is 394 g/mol. The van der Waals surface area contributed by atoms with E-state index >= 15 is 0 Å². The van der Waals surface area contributed by atoms with Gasteiger partial charge in [-0.05, 0) is 55.9 Å². The Hall–Kier alpha value is -3.16. The van der Waals surface area contributed by atoms with Crippen molar-refractivity contribution in [2.24, 2.45) is 5.92 Å². The standard InChI is InChI=1S/C21H26N6O2/c1-14-5-4-7-25(12-14)19-20-24-27(21(29)26(20)8-6-22-19)13-18(28)23-17-10-15(2)9-16(3)11-17/h6,8-11,14H,4-5,7,12-13H2,1-3H3,(H,23,28)/t14-/m0/s1. The third-order valence-corrected chi connectivity index (χ3v) is 5.24. The molecule has 1 fully saturated rings. The van der Waals surface area contributed by atoms with Crippen molar-refractivity contribution in [3.05, 3.63) is 52.2 Å². The fourth-order valence-corrected chi connectivity index (χ4v) is 4.03. The largest absolute Gasteiger partial charge is 0.353 e. The van der Waals surface area contributed by atoms with Crippen molar-refractivity contribution in [2.75, 3.05) is 23.3 Å². The Balaban J connectivity index is 1.59. The Morgan fingerprint density at radius 3 is 2.72 bits per heavy atom. The van der Waals surface area contributed by atoms with E-state index in [1.165, 1.54) is 15.5 Å². The van der Waals surface area contributed by atoms with Crippen LogP contribution in [0, 0.1) is 19.8 Å². The molecule has 1 N–H and O–H groups in total. The summed E-state index contributed by atoms with van der Waals surface area (Å²) in [6.45, 7) is 7.81. The van der Waals surface area contributed by atoms with Gasteiger partial charge in [0.15, 0.2) is 5.82 Å². The quantitative estimate of drug-likeness (QED) is 0.734. The van der Waals surface area contributed by atoms with E-state index in [1.54, 1.807) is 12.4 Å². The minimum Gasteiger partial charge on any atom is -0.353 e. The molecular formula is C21H26N6O2. The number of carbonyl (C=O) groups is 1. The van der Waals surface area contributed by atoms with Crippen LogP contribution in [-0.2, 0) is 11.3 Å². The number of carbonyl (C=O) groups excluding carboxylic acids is 1. The van der Waals surface area contributed by atoms with Crippen molar-refractivity contribution in [2.45, 2.75) is 40.2 Å². The van der Waals surface area contributed by atoms with Crippen LogP contribution in [0.1, 0.15) is 30.9 Å². The Labute approximate surface area is 169 Å². The Morgan fingerprint density at radius 2 is 2.00 bits per heavy atom. The first-order chi connectivity index (χ1) is 13.9. The summed E-state index contributed by atoms with van der Waals surface area (Å²) in [4.78, 5) is 31.9. The van der Waals surface area contributed by atoms with Crippen molar-refractivity contribution < 1.29 is 4.79 Å². The molecule has 8 heteroatoms. The first-order valence-electron chi connectivity index (χ1n) is 9.98. The van der Waals surface area contributed by atoms with Crippen molar-refractivity contribution in [3.63, 3.8) is 0 Å². The van der Waals surface area contributed by atoms with Crippen LogP contribution >= 0.6 is 0 Å². The number of nitrogens with zero attached hydrogens (tertiary/aromatic N) is 5. The monoisotopic (exact) mass is 394 g/mol. The Kier molecular flexibility index (Phi) is 5.08. The highest BCUT2D eigenvalue weighted by Crippen LogP contribution is 2.23. The van der Waals surface area contributed by atoms with Gasteiger partial charge in [0.05, 0.1) is 0 Å². The normalized spacial score (nSPS) is 16.9. The van der Waals surface area contributed by atoms with Crippen molar-refractivity contribution in [3.8, 4) is 0 Å². The maximum atomic E-state index is 12.8. The second kappa shape index (κ2) is 7.69. The van der Waals surface area contributed by atoms with E-state index in [2.05, 4.69) is 27.2 Å². The number of amides is 1. The molecule has 0 unspecified atom stereocenters. The van der Waals surface area contributed by atoms with Crippen LogP contribution in [0.15, 0.2) is 35.4 Å². The first-order valence-corrected chi connectivity index (χ1v) is 9.98. The number of piperidine rings is 1. The fourth-order valence-electron chi connectivity index (χ4n) is 4.03. The lowest BCUT2D eigenvalue weighted by Crippen LogP contribution is -2.35. The molecule has 0 aliphatic carbocycles. The molecule has 4 rings (SSSR count). The number of hydrogen-bond donors (Lipinski definition) is 1. The number of aryl methyl sites for hydroxylation is 2. The summed E-state index contributed by atoms with van der Waals surface area (Å²) in [7, 11) is 0. The topological polar surface area (TPSA) is 84.5 Å². The molecule has 1 aromatic carbocycles. The molecule has 0 saturated carbocycles. The predicted molar refractivity (Wildman–Crippen MR) is 112 cm³/mol. The molecule has 1 aliphatic heterocycles. The summed E-state index contributed by atoms with van der Waals surface area (Å²) in [6.07, 6.45) is 5.50. The SMILES string of the molecule is Cc1cc(C)cc(NC(=O)Cn2nc3c(N4CCC[C@H](C)C4)nccn3c2=O)c1. The number of aromatic nitrogens is 4. The third-order valence-electron chi connectivity index (χ3n) is 5.24. The predicted octanol–water partition coefficient (Wildman–Crippen LogP) is 2.38. The van der Waals surface area contributed by atoms with Crippen molar-refractivity contribution in [1.29, 1.82) is 0 Å². The summed E-state index contributed by atoms with van der Waals surface area (Å²) >= 11 is 0. The molecule has 1 amide bonds. The lowest BCUT2D eigenvalue weighted by Gasteiger charge is -2.31. The maximum Gasteiger partial charge on any atom is 0.350 e. The smallest absolute Gasteiger partial charge is 0.350 e. The van der Waals surface area contributed by atoms with Gasteiger partial charge in [-0.3, -0.25) is 4.79 Å². The first kappa shape index (κ1) is 19.2. The number of hydrogen-bond acceptors (Lipinski definition) is 5. The van der Waals surface area contributed by atoms with Gasteiger partial charge in [0.2, 0.25) is 11.6 Å². The van der Waals surface area contributed by atoms with E-state index in [0.29, 0.717) is 23.1 Å². The molecule has 0 radical (unpaired) electrons. The Morgan fingerprint density at radius 1 is 1.24 bits per heavy atom. The van der Waals surface area contributed by atoms with E-state index in [1.807, 2.05) is 32.0 Å². The molecule has 3 aromatic rings. The van der Waals surface area contributed by atoms with Gasteiger partial charge in [-0.15, -0.1) is 5.10 Å². The number of anilines is 2. The van der Waals surface area contributed by atoms with E-state index in [-0.39, 0.29) is 18.1 Å². The molecule has 3 heterocycles. The average Bonchev–Trinajstić information content (AvgIpc) is 2.96. The van der Waals surface area contributed by atoms with Crippen molar-refractivity contribution >= 4 is 23.1 Å². The molecule has 0 bridgehead atoms. The molecular weight excluding hydrogens is 368 g/mol. The van der Waals surface area contributed by atoms with Crippen LogP contribution in [-0.4, -0.2) is 38.2 Å². The molecule has 1 aliphatic rings. The molecule has 0 spiro atoms. The van der Waals surface area contributed by atoms with Gasteiger partial charge < -0.3 is 10.2 Å². The third kappa shape index (κ3) is 4.01. The van der Waals surface area contributed by atoms with Crippen LogP contribution in [0.25, 0.3) is 5.65 Å². The second-order valence-corrected chi connectivity index (χ2v) is 8.00. The highest BCUT2D eigenvalue weighted by Gasteiger charge is 2.22. The summed E-state index contributed by atoms with van der Waals surface area (Å²) in [5, 5.41) is 7.28. The maximum absolute atomic E-state index is 12.8. The summed E-state index contributed by atoms with van der Waals surface area (Å²) in [6, 6.07) is 5.84. The summed E-state index contributed by atoms with van der Waals surface area (Å²) in [5.41, 5.74) is 3.00. The minimum absolute atomic E-state index is 0.149. The molecule has 8 nitrogen and oxygen atoms in total. The zero-order chi connectivity index (χ0) is 20.5. The van der Waals surface area contributed by atoms with Gasteiger partial charge in [0.1, 0.15) is 6.54 Å². The fraction of sp³-hybridized carbons (Fsp3) is 0.429. The van der Waals surface area contributed by atoms with E-state index in [4.69, 9.17) is 0 Å². The second-order valence-electron chi connectivity index (χ2n) is 8.00. The van der Waals surface area contributed by atoms with Crippen LogP contribution in [0.3, 0.4) is 0 Å². The lowest BCUT2D eigenvalue weighted by molar-refractivity contribution is -0.117. The molecule has 29 heavy (non-hydrogen) atoms. The lowest BCUT2D eigenvalue weighted by atomic mass is 10.0. The van der Waals surface area contributed by atoms with Crippen molar-refractivity contribution in [1.82, 2.24) is 19.2 Å². The highest BCUT2D eigenvalue weighted by molar-refractivity contribution is 5.90. The van der Waals surface area contributed by atoms with Gasteiger partial charge >= 0.3 is 5.69 Å². The molecule has 1 saturated heterocycles. The molecule has 1 atom stereocenters. The van der Waals surface area contributed by atoms with E-state index in [0.717, 1.165) is 30.6 Å². The van der Waals surface area contributed by atoms with Crippen LogP contribution in [0.4, 0.5) is 11.5 Å². The van der Waals surface area contributed by atoms with Gasteiger partial charge in [-0.1, -0.05) is 13.0 Å². The van der Waals surface area contributed by atoms with Gasteiger partial charge in [0.25, 0.3) is 0 Å². The zero-order valence-electron chi connectivity index (χ0n) is 17.1. The number of fused-ring (bicyclic) bond motifs is 1. The number of rotatable bonds is 4. The molecule has 152 valence electrons. The van der Waals surface area contributed by atoms with Crippen LogP contribution in [0.2, 0.25) is 0 Å². The van der Waals surface area contributed by atoms with Gasteiger partial charge in [-0.25, -0.2) is 18.9 Å². The Bertz CT molecular complexity index is 1100. The summed E-state index contributed by atoms with van der Waals surface area (Å²) in [5.74, 6) is 0.981. The highest BCUT2D eigenvalue weighted by atomic mass is 16.2.